The number of nitrogens with zero attached hydrogens (tertiary/aromatic N) is 4. The van der Waals surface area contributed by atoms with Crippen LogP contribution >= 0.6 is 0 Å². The third-order valence-electron chi connectivity index (χ3n) is 2.52. The van der Waals surface area contributed by atoms with Crippen LogP contribution < -0.4 is 0 Å². The minimum atomic E-state index is -3.32. The van der Waals surface area contributed by atoms with Crippen LogP contribution in [0.2, 0.25) is 0 Å². The Labute approximate surface area is 99.6 Å². The van der Waals surface area contributed by atoms with Gasteiger partial charge in [-0.25, -0.2) is 13.1 Å². The van der Waals surface area contributed by atoms with Crippen LogP contribution in [0.4, 0.5) is 0 Å². The van der Waals surface area contributed by atoms with Gasteiger partial charge in [-0.05, 0) is 20.8 Å². The van der Waals surface area contributed by atoms with Crippen LogP contribution in [-0.2, 0) is 9.84 Å². The molecule has 0 saturated carbocycles. The Balaban J connectivity index is 2.92. The molecule has 7 heteroatoms. The minimum absolute atomic E-state index is 0.107. The molecule has 0 unspecified atom stereocenters. The Kier molecular flexibility index (Phi) is 2.65. The highest BCUT2D eigenvalue weighted by Gasteiger charge is 2.20. The first-order chi connectivity index (χ1) is 7.82. The van der Waals surface area contributed by atoms with Crippen molar-refractivity contribution < 1.29 is 8.42 Å². The molecule has 0 amide bonds. The zero-order chi connectivity index (χ0) is 12.8. The number of hydrogen-bond acceptors (Lipinski definition) is 5. The number of aromatic nitrogens is 4. The Morgan fingerprint density at radius 1 is 1.35 bits per heavy atom. The average molecular weight is 254 g/mol. The lowest BCUT2D eigenvalue weighted by Crippen LogP contribution is -2.05. The highest BCUT2D eigenvalue weighted by molar-refractivity contribution is 7.91. The lowest BCUT2D eigenvalue weighted by molar-refractivity contribution is 0.540. The lowest BCUT2D eigenvalue weighted by atomic mass is 10.3. The SMILES string of the molecule is Cc1nn(C(C)C)c2nncc(S(C)(=O)=O)c12. The minimum Gasteiger partial charge on any atom is -0.243 e. The molecule has 92 valence electrons. The summed E-state index contributed by atoms with van der Waals surface area (Å²) >= 11 is 0. The van der Waals surface area contributed by atoms with E-state index in [1.807, 2.05) is 13.8 Å². The maximum absolute atomic E-state index is 11.7. The van der Waals surface area contributed by atoms with E-state index in [4.69, 9.17) is 0 Å². The van der Waals surface area contributed by atoms with Crippen molar-refractivity contribution in [1.29, 1.82) is 0 Å². The van der Waals surface area contributed by atoms with Gasteiger partial charge in [0.2, 0.25) is 0 Å². The molecule has 0 N–H and O–H groups in total. The van der Waals surface area contributed by atoms with Gasteiger partial charge in [0.15, 0.2) is 15.5 Å². The number of sulfone groups is 1. The molecule has 0 fully saturated rings. The van der Waals surface area contributed by atoms with E-state index in [0.717, 1.165) is 6.26 Å². The monoisotopic (exact) mass is 254 g/mol. The summed E-state index contributed by atoms with van der Waals surface area (Å²) in [6.07, 6.45) is 2.44. The second kappa shape index (κ2) is 3.76. The first-order valence-corrected chi connectivity index (χ1v) is 7.12. The third kappa shape index (κ3) is 1.90. The number of hydrogen-bond donors (Lipinski definition) is 0. The van der Waals surface area contributed by atoms with Crippen LogP contribution in [0.25, 0.3) is 11.0 Å². The highest BCUT2D eigenvalue weighted by atomic mass is 32.2. The Bertz CT molecular complexity index is 673. The van der Waals surface area contributed by atoms with Gasteiger partial charge in [-0.15, -0.1) is 5.10 Å². The molecule has 0 aliphatic rings. The quantitative estimate of drug-likeness (QED) is 0.802. The van der Waals surface area contributed by atoms with Crippen molar-refractivity contribution in [2.75, 3.05) is 6.26 Å². The van der Waals surface area contributed by atoms with Gasteiger partial charge in [-0.1, -0.05) is 0 Å². The first-order valence-electron chi connectivity index (χ1n) is 5.23. The smallest absolute Gasteiger partial charge is 0.182 e. The summed E-state index contributed by atoms with van der Waals surface area (Å²) in [7, 11) is -3.32. The Hall–Kier alpha value is -1.50. The Morgan fingerprint density at radius 3 is 2.53 bits per heavy atom. The molecule has 2 rings (SSSR count). The molecular formula is C10H14N4O2S. The highest BCUT2D eigenvalue weighted by Crippen LogP contribution is 2.25. The van der Waals surface area contributed by atoms with Crippen molar-refractivity contribution in [1.82, 2.24) is 20.0 Å². The fourth-order valence-electron chi connectivity index (χ4n) is 1.76. The molecule has 0 radical (unpaired) electrons. The van der Waals surface area contributed by atoms with E-state index in [0.29, 0.717) is 16.7 Å². The van der Waals surface area contributed by atoms with Crippen molar-refractivity contribution in [2.45, 2.75) is 31.7 Å². The molecule has 0 bridgehead atoms. The molecule has 0 atom stereocenters. The van der Waals surface area contributed by atoms with Gasteiger partial charge in [0, 0.05) is 12.3 Å². The largest absolute Gasteiger partial charge is 0.243 e. The average Bonchev–Trinajstić information content (AvgIpc) is 2.55. The van der Waals surface area contributed by atoms with Crippen LogP contribution in [0.1, 0.15) is 25.6 Å². The second-order valence-corrected chi connectivity index (χ2v) is 6.29. The van der Waals surface area contributed by atoms with E-state index in [2.05, 4.69) is 15.3 Å². The van der Waals surface area contributed by atoms with Crippen LogP contribution in [0.3, 0.4) is 0 Å². The predicted molar refractivity (Wildman–Crippen MR) is 63.6 cm³/mol. The zero-order valence-corrected chi connectivity index (χ0v) is 11.0. The molecule has 2 aromatic heterocycles. The summed E-state index contributed by atoms with van der Waals surface area (Å²) in [6.45, 7) is 5.69. The van der Waals surface area contributed by atoms with Gasteiger partial charge >= 0.3 is 0 Å². The lowest BCUT2D eigenvalue weighted by Gasteiger charge is -2.05. The summed E-state index contributed by atoms with van der Waals surface area (Å²) < 4.78 is 25.0. The van der Waals surface area contributed by atoms with E-state index in [-0.39, 0.29) is 10.9 Å². The number of fused-ring (bicyclic) bond motifs is 1. The van der Waals surface area contributed by atoms with E-state index >= 15 is 0 Å². The van der Waals surface area contributed by atoms with Crippen molar-refractivity contribution in [3.8, 4) is 0 Å². The van der Waals surface area contributed by atoms with Gasteiger partial charge in [0.1, 0.15) is 0 Å². The van der Waals surface area contributed by atoms with Gasteiger partial charge in [-0.2, -0.15) is 10.2 Å². The predicted octanol–water partition coefficient (Wildman–Crippen LogP) is 1.12. The molecular weight excluding hydrogens is 240 g/mol. The first kappa shape index (κ1) is 12.0. The fourth-order valence-corrected chi connectivity index (χ4v) is 2.61. The van der Waals surface area contributed by atoms with Gasteiger partial charge in [0.05, 0.1) is 22.2 Å². The molecule has 6 nitrogen and oxygen atoms in total. The zero-order valence-electron chi connectivity index (χ0n) is 10.2. The second-order valence-electron chi connectivity index (χ2n) is 4.30. The summed E-state index contributed by atoms with van der Waals surface area (Å²) in [5, 5.41) is 12.6. The van der Waals surface area contributed by atoms with Crippen LogP contribution in [-0.4, -0.2) is 34.7 Å². The molecule has 17 heavy (non-hydrogen) atoms. The standard InChI is InChI=1S/C10H14N4O2S/c1-6(2)14-10-9(7(3)13-14)8(5-11-12-10)17(4,15)16/h5-6H,1-4H3. The van der Waals surface area contributed by atoms with Crippen LogP contribution in [0.15, 0.2) is 11.1 Å². The summed E-state index contributed by atoms with van der Waals surface area (Å²) in [5.74, 6) is 0. The van der Waals surface area contributed by atoms with Crippen molar-refractivity contribution in [2.24, 2.45) is 0 Å². The van der Waals surface area contributed by atoms with Gasteiger partial charge in [-0.3, -0.25) is 0 Å². The van der Waals surface area contributed by atoms with Crippen molar-refractivity contribution in [3.63, 3.8) is 0 Å². The van der Waals surface area contributed by atoms with Gasteiger partial charge < -0.3 is 0 Å². The van der Waals surface area contributed by atoms with Crippen LogP contribution in [0, 0.1) is 6.92 Å². The van der Waals surface area contributed by atoms with Crippen LogP contribution in [0.5, 0.6) is 0 Å². The summed E-state index contributed by atoms with van der Waals surface area (Å²) in [6, 6.07) is 0.107. The maximum Gasteiger partial charge on any atom is 0.182 e. The van der Waals surface area contributed by atoms with Gasteiger partial charge in [0.25, 0.3) is 0 Å². The van der Waals surface area contributed by atoms with Crippen molar-refractivity contribution in [3.05, 3.63) is 11.9 Å². The van der Waals surface area contributed by atoms with Crippen molar-refractivity contribution >= 4 is 20.9 Å². The van der Waals surface area contributed by atoms with E-state index < -0.39 is 9.84 Å². The molecule has 2 aromatic rings. The summed E-state index contributed by atoms with van der Waals surface area (Å²) in [5.41, 5.74) is 1.17. The molecule has 0 aliphatic carbocycles. The fraction of sp³-hybridized carbons (Fsp3) is 0.500. The molecule has 0 spiro atoms. The molecule has 2 heterocycles. The van der Waals surface area contributed by atoms with E-state index in [9.17, 15) is 8.42 Å². The maximum atomic E-state index is 11.7. The molecule has 0 saturated heterocycles. The molecule has 0 aromatic carbocycles. The topological polar surface area (TPSA) is 77.7 Å². The van der Waals surface area contributed by atoms with E-state index in [1.54, 1.807) is 11.6 Å². The normalized spacial score (nSPS) is 12.5. The Morgan fingerprint density at radius 2 is 2.00 bits per heavy atom. The molecule has 0 aliphatic heterocycles. The van der Waals surface area contributed by atoms with E-state index in [1.165, 1.54) is 6.20 Å². The number of aryl methyl sites for hydroxylation is 1. The summed E-state index contributed by atoms with van der Waals surface area (Å²) in [4.78, 5) is 0.187. The number of rotatable bonds is 2. The third-order valence-corrected chi connectivity index (χ3v) is 3.63.